The maximum Gasteiger partial charge on any atom is 0.264 e. The standard InChI is InChI=1S/C30H36ClN3O4S/c1-5-27(30(36)32-19-22(2)3)33(20-24-13-8-6-9-14-24)29(35)21-34(28-18-12-17-26(31)23(28)4)39(37,38)25-15-10-7-11-16-25/h6-18,22,27H,5,19-21H2,1-4H3,(H,32,36)/t27-/m1/s1. The van der Waals surface area contributed by atoms with Crippen molar-refractivity contribution >= 4 is 39.1 Å². The number of nitrogens with one attached hydrogen (secondary N) is 1. The first kappa shape index (κ1) is 30.2. The van der Waals surface area contributed by atoms with Gasteiger partial charge in [0.25, 0.3) is 10.0 Å². The van der Waals surface area contributed by atoms with Crippen molar-refractivity contribution in [3.63, 3.8) is 0 Å². The molecule has 0 aliphatic heterocycles. The maximum atomic E-state index is 14.1. The zero-order valence-corrected chi connectivity index (χ0v) is 24.4. The monoisotopic (exact) mass is 569 g/mol. The zero-order chi connectivity index (χ0) is 28.6. The first-order valence-corrected chi connectivity index (χ1v) is 14.8. The third kappa shape index (κ3) is 7.61. The normalized spacial score (nSPS) is 12.2. The summed E-state index contributed by atoms with van der Waals surface area (Å²) in [5, 5.41) is 3.31. The number of anilines is 1. The Hall–Kier alpha value is -3.36. The van der Waals surface area contributed by atoms with Crippen LogP contribution in [0.5, 0.6) is 0 Å². The first-order chi connectivity index (χ1) is 18.6. The van der Waals surface area contributed by atoms with E-state index in [-0.39, 0.29) is 23.3 Å². The number of sulfonamides is 1. The highest BCUT2D eigenvalue weighted by Gasteiger charge is 2.34. The third-order valence-corrected chi connectivity index (χ3v) is 8.57. The van der Waals surface area contributed by atoms with Crippen molar-refractivity contribution < 1.29 is 18.0 Å². The predicted octanol–water partition coefficient (Wildman–Crippen LogP) is 5.42. The molecule has 3 aromatic rings. The molecule has 0 bridgehead atoms. The highest BCUT2D eigenvalue weighted by atomic mass is 35.5. The average molecular weight is 570 g/mol. The van der Waals surface area contributed by atoms with E-state index >= 15 is 0 Å². The molecule has 9 heteroatoms. The number of rotatable bonds is 12. The average Bonchev–Trinajstić information content (AvgIpc) is 2.93. The quantitative estimate of drug-likeness (QED) is 0.315. The van der Waals surface area contributed by atoms with Gasteiger partial charge in [-0.05, 0) is 54.7 Å². The molecule has 39 heavy (non-hydrogen) atoms. The van der Waals surface area contributed by atoms with Crippen LogP contribution < -0.4 is 9.62 Å². The predicted molar refractivity (Wildman–Crippen MR) is 156 cm³/mol. The number of amides is 2. The van der Waals surface area contributed by atoms with E-state index in [4.69, 9.17) is 11.6 Å². The molecule has 0 aliphatic carbocycles. The van der Waals surface area contributed by atoms with Gasteiger partial charge < -0.3 is 10.2 Å². The van der Waals surface area contributed by atoms with Crippen LogP contribution in [0.4, 0.5) is 5.69 Å². The molecule has 0 saturated heterocycles. The highest BCUT2D eigenvalue weighted by Crippen LogP contribution is 2.31. The van der Waals surface area contributed by atoms with Gasteiger partial charge in [-0.25, -0.2) is 8.42 Å². The second-order valence-corrected chi connectivity index (χ2v) is 12.0. The summed E-state index contributed by atoms with van der Waals surface area (Å²) in [6.45, 7) is 7.66. The molecular weight excluding hydrogens is 534 g/mol. The molecule has 0 unspecified atom stereocenters. The van der Waals surface area contributed by atoms with Crippen LogP contribution in [0.1, 0.15) is 38.3 Å². The Labute approximate surface area is 236 Å². The lowest BCUT2D eigenvalue weighted by Gasteiger charge is -2.33. The number of nitrogens with zero attached hydrogens (tertiary/aromatic N) is 2. The van der Waals surface area contributed by atoms with Crippen LogP contribution in [0.2, 0.25) is 5.02 Å². The first-order valence-electron chi connectivity index (χ1n) is 13.0. The molecule has 0 radical (unpaired) electrons. The Morgan fingerprint density at radius 3 is 2.13 bits per heavy atom. The van der Waals surface area contributed by atoms with E-state index in [1.165, 1.54) is 17.0 Å². The Bertz CT molecular complexity index is 1370. The number of hydrogen-bond donors (Lipinski definition) is 1. The number of hydrogen-bond acceptors (Lipinski definition) is 4. The van der Waals surface area contributed by atoms with Crippen molar-refractivity contribution in [2.45, 2.75) is 51.6 Å². The summed E-state index contributed by atoms with van der Waals surface area (Å²) in [6, 6.07) is 21.5. The lowest BCUT2D eigenvalue weighted by Crippen LogP contribution is -2.52. The molecule has 0 spiro atoms. The van der Waals surface area contributed by atoms with Crippen molar-refractivity contribution in [2.75, 3.05) is 17.4 Å². The smallest absolute Gasteiger partial charge is 0.264 e. The van der Waals surface area contributed by atoms with Crippen molar-refractivity contribution in [3.05, 3.63) is 95.0 Å². The van der Waals surface area contributed by atoms with Crippen molar-refractivity contribution in [3.8, 4) is 0 Å². The molecule has 1 N–H and O–H groups in total. The third-order valence-electron chi connectivity index (χ3n) is 6.38. The highest BCUT2D eigenvalue weighted by molar-refractivity contribution is 7.92. The Kier molecular flexibility index (Phi) is 10.5. The van der Waals surface area contributed by atoms with Gasteiger partial charge in [-0.15, -0.1) is 0 Å². The molecule has 0 aliphatic rings. The van der Waals surface area contributed by atoms with E-state index < -0.39 is 28.5 Å². The Morgan fingerprint density at radius 2 is 1.54 bits per heavy atom. The van der Waals surface area contributed by atoms with Gasteiger partial charge >= 0.3 is 0 Å². The summed E-state index contributed by atoms with van der Waals surface area (Å²) >= 11 is 6.37. The zero-order valence-electron chi connectivity index (χ0n) is 22.8. The molecule has 0 aromatic heterocycles. The number of benzene rings is 3. The molecule has 3 rings (SSSR count). The lowest BCUT2D eigenvalue weighted by molar-refractivity contribution is -0.140. The SMILES string of the molecule is CC[C@H](C(=O)NCC(C)C)N(Cc1ccccc1)C(=O)CN(c1cccc(Cl)c1C)S(=O)(=O)c1ccccc1. The van der Waals surface area contributed by atoms with Crippen LogP contribution in [-0.4, -0.2) is 44.3 Å². The van der Waals surface area contributed by atoms with Crippen molar-refractivity contribution in [1.82, 2.24) is 10.2 Å². The van der Waals surface area contributed by atoms with E-state index in [1.54, 1.807) is 43.3 Å². The van der Waals surface area contributed by atoms with E-state index in [2.05, 4.69) is 5.32 Å². The fraction of sp³-hybridized carbons (Fsp3) is 0.333. The van der Waals surface area contributed by atoms with E-state index in [0.717, 1.165) is 9.87 Å². The molecule has 3 aromatic carbocycles. The maximum absolute atomic E-state index is 14.1. The van der Waals surface area contributed by atoms with Gasteiger partial charge in [-0.1, -0.05) is 87.0 Å². The van der Waals surface area contributed by atoms with Crippen molar-refractivity contribution in [2.24, 2.45) is 5.92 Å². The van der Waals surface area contributed by atoms with Gasteiger partial charge in [-0.2, -0.15) is 0 Å². The van der Waals surface area contributed by atoms with Crippen molar-refractivity contribution in [1.29, 1.82) is 0 Å². The van der Waals surface area contributed by atoms with Gasteiger partial charge in [0.15, 0.2) is 0 Å². The van der Waals surface area contributed by atoms with Gasteiger partial charge in [0.05, 0.1) is 10.6 Å². The minimum absolute atomic E-state index is 0.0495. The molecule has 2 amide bonds. The lowest BCUT2D eigenvalue weighted by atomic mass is 10.1. The molecule has 7 nitrogen and oxygen atoms in total. The summed E-state index contributed by atoms with van der Waals surface area (Å²) in [5.41, 5.74) is 1.66. The van der Waals surface area contributed by atoms with E-state index in [9.17, 15) is 18.0 Å². The molecule has 1 atom stereocenters. The summed E-state index contributed by atoms with van der Waals surface area (Å²) in [4.78, 5) is 28.8. The Morgan fingerprint density at radius 1 is 0.923 bits per heavy atom. The van der Waals surface area contributed by atoms with Crippen LogP contribution >= 0.6 is 11.6 Å². The van der Waals surface area contributed by atoms with Crippen LogP contribution in [0.15, 0.2) is 83.8 Å². The van der Waals surface area contributed by atoms with Crippen LogP contribution in [0, 0.1) is 12.8 Å². The Balaban J connectivity index is 2.06. The fourth-order valence-electron chi connectivity index (χ4n) is 4.22. The van der Waals surface area contributed by atoms with E-state index in [1.807, 2.05) is 51.1 Å². The minimum Gasteiger partial charge on any atom is -0.354 e. The number of carbonyl (C=O) groups excluding carboxylic acids is 2. The topological polar surface area (TPSA) is 86.8 Å². The number of halogens is 1. The molecular formula is C30H36ClN3O4S. The largest absolute Gasteiger partial charge is 0.354 e. The van der Waals surface area contributed by atoms with Crippen LogP contribution in [-0.2, 0) is 26.2 Å². The van der Waals surface area contributed by atoms with Crippen LogP contribution in [0.3, 0.4) is 0 Å². The molecule has 0 fully saturated rings. The summed E-state index contributed by atoms with van der Waals surface area (Å²) in [6.07, 6.45) is 0.365. The van der Waals surface area contributed by atoms with E-state index in [0.29, 0.717) is 29.2 Å². The molecule has 0 heterocycles. The molecule has 0 saturated carbocycles. The van der Waals surface area contributed by atoms with Gasteiger partial charge in [-0.3, -0.25) is 13.9 Å². The molecule has 208 valence electrons. The summed E-state index contributed by atoms with van der Waals surface area (Å²) in [7, 11) is -4.14. The summed E-state index contributed by atoms with van der Waals surface area (Å²) < 4.78 is 28.9. The second-order valence-electron chi connectivity index (χ2n) is 9.78. The number of carbonyl (C=O) groups is 2. The van der Waals surface area contributed by atoms with Crippen LogP contribution in [0.25, 0.3) is 0 Å². The fourth-order valence-corrected chi connectivity index (χ4v) is 5.88. The second kappa shape index (κ2) is 13.6. The van der Waals surface area contributed by atoms with Gasteiger partial charge in [0, 0.05) is 18.1 Å². The van der Waals surface area contributed by atoms with Gasteiger partial charge in [0.2, 0.25) is 11.8 Å². The summed E-state index contributed by atoms with van der Waals surface area (Å²) in [5.74, 6) is -0.529. The minimum atomic E-state index is -4.14. The van der Waals surface area contributed by atoms with Gasteiger partial charge in [0.1, 0.15) is 12.6 Å².